The van der Waals surface area contributed by atoms with Gasteiger partial charge >= 0.3 is 0 Å². The van der Waals surface area contributed by atoms with Crippen molar-refractivity contribution in [3.8, 4) is 23.0 Å². The molecular weight excluding hydrogens is 328 g/mol. The fraction of sp³-hybridized carbons (Fsp3) is 0.118. The molecule has 0 radical (unpaired) electrons. The van der Waals surface area contributed by atoms with E-state index in [2.05, 4.69) is 10.3 Å². The van der Waals surface area contributed by atoms with Gasteiger partial charge in [-0.25, -0.2) is 4.99 Å². The minimum Gasteiger partial charge on any atom is -0.504 e. The largest absolute Gasteiger partial charge is 0.504 e. The maximum absolute atomic E-state index is 9.89. The number of aliphatic imine (C=N–C) groups is 1. The molecule has 0 amide bonds. The number of hydrogen-bond acceptors (Lipinski definition) is 8. The molecule has 1 heterocycles. The predicted octanol–water partition coefficient (Wildman–Crippen LogP) is 1.24. The maximum Gasteiger partial charge on any atom is 0.244 e. The molecule has 0 saturated heterocycles. The topological polar surface area (TPSA) is 135 Å². The molecule has 1 aliphatic heterocycles. The van der Waals surface area contributed by atoms with Crippen molar-refractivity contribution in [1.82, 2.24) is 5.32 Å². The fourth-order valence-corrected chi connectivity index (χ4v) is 2.21. The van der Waals surface area contributed by atoms with Gasteiger partial charge in [0.25, 0.3) is 0 Å². The number of phenolic OH excluding ortho intramolecular Hbond substituents is 4. The summed E-state index contributed by atoms with van der Waals surface area (Å²) in [6.45, 7) is 0.328. The molecule has 1 atom stereocenters. The first-order chi connectivity index (χ1) is 11.9. The lowest BCUT2D eigenvalue weighted by Crippen LogP contribution is -2.13. The summed E-state index contributed by atoms with van der Waals surface area (Å²) < 4.78 is 5.22. The number of phenols is 4. The Morgan fingerprint density at radius 1 is 0.960 bits per heavy atom. The van der Waals surface area contributed by atoms with Crippen LogP contribution in [0.3, 0.4) is 0 Å². The first kappa shape index (κ1) is 16.5. The van der Waals surface area contributed by atoms with Crippen molar-refractivity contribution in [3.05, 3.63) is 59.4 Å². The van der Waals surface area contributed by atoms with Gasteiger partial charge in [0.1, 0.15) is 5.70 Å². The molecule has 0 aromatic heterocycles. The Labute approximate surface area is 142 Å². The highest BCUT2D eigenvalue weighted by Crippen LogP contribution is 2.28. The van der Waals surface area contributed by atoms with Crippen molar-refractivity contribution in [3.63, 3.8) is 0 Å². The quantitative estimate of drug-likeness (QED) is 0.459. The van der Waals surface area contributed by atoms with Crippen LogP contribution in [0.25, 0.3) is 0 Å². The average Bonchev–Trinajstić information content (AvgIpc) is 2.94. The van der Waals surface area contributed by atoms with Crippen molar-refractivity contribution < 1.29 is 30.3 Å². The van der Waals surface area contributed by atoms with Crippen LogP contribution in [0.5, 0.6) is 23.0 Å². The molecule has 0 aliphatic carbocycles. The zero-order chi connectivity index (χ0) is 18.0. The van der Waals surface area contributed by atoms with Gasteiger partial charge in [0, 0.05) is 18.3 Å². The summed E-state index contributed by atoms with van der Waals surface area (Å²) in [6, 6.07) is 8.49. The number of aromatic hydroxyl groups is 4. The van der Waals surface area contributed by atoms with E-state index in [-0.39, 0.29) is 34.6 Å². The van der Waals surface area contributed by atoms with Crippen LogP contribution in [0.15, 0.2) is 53.3 Å². The summed E-state index contributed by atoms with van der Waals surface area (Å²) in [4.78, 5) is 4.13. The van der Waals surface area contributed by atoms with E-state index >= 15 is 0 Å². The molecule has 130 valence electrons. The second-order valence-electron chi connectivity index (χ2n) is 5.36. The van der Waals surface area contributed by atoms with Crippen LogP contribution in [-0.4, -0.2) is 37.7 Å². The molecule has 3 rings (SSSR count). The lowest BCUT2D eigenvalue weighted by atomic mass is 10.2. The molecule has 2 aromatic rings. The normalized spacial score (nSPS) is 18.0. The molecule has 0 saturated carbocycles. The fourth-order valence-electron chi connectivity index (χ4n) is 2.21. The van der Waals surface area contributed by atoms with Gasteiger partial charge in [0.2, 0.25) is 12.2 Å². The highest BCUT2D eigenvalue weighted by Gasteiger charge is 2.24. The van der Waals surface area contributed by atoms with Crippen LogP contribution < -0.4 is 5.32 Å². The maximum atomic E-state index is 9.89. The Balaban J connectivity index is 1.70. The minimum atomic E-state index is -1.27. The molecular formula is C17H16N2O6. The third kappa shape index (κ3) is 3.59. The Morgan fingerprint density at radius 2 is 1.64 bits per heavy atom. The number of rotatable bonds is 4. The number of nitrogens with one attached hydrogen (secondary N) is 1. The first-order valence-electron chi connectivity index (χ1n) is 7.34. The van der Waals surface area contributed by atoms with E-state index in [4.69, 9.17) is 4.74 Å². The minimum absolute atomic E-state index is 0.109. The molecule has 0 fully saturated rings. The van der Waals surface area contributed by atoms with Crippen molar-refractivity contribution >= 4 is 5.90 Å². The molecule has 1 aliphatic rings. The van der Waals surface area contributed by atoms with Gasteiger partial charge in [0.05, 0.1) is 0 Å². The summed E-state index contributed by atoms with van der Waals surface area (Å²) in [7, 11) is 0. The zero-order valence-corrected chi connectivity index (χ0v) is 12.9. The smallest absolute Gasteiger partial charge is 0.244 e. The van der Waals surface area contributed by atoms with E-state index < -0.39 is 6.29 Å². The van der Waals surface area contributed by atoms with E-state index in [0.29, 0.717) is 17.7 Å². The van der Waals surface area contributed by atoms with E-state index in [0.717, 1.165) is 0 Å². The summed E-state index contributed by atoms with van der Waals surface area (Å²) in [5.74, 6) is -0.895. The van der Waals surface area contributed by atoms with Gasteiger partial charge in [-0.1, -0.05) is 6.07 Å². The van der Waals surface area contributed by atoms with Crippen LogP contribution in [0, 0.1) is 0 Å². The van der Waals surface area contributed by atoms with Crippen molar-refractivity contribution in [2.75, 3.05) is 0 Å². The van der Waals surface area contributed by atoms with Crippen molar-refractivity contribution in [2.45, 2.75) is 12.8 Å². The monoisotopic (exact) mass is 344 g/mol. The summed E-state index contributed by atoms with van der Waals surface area (Å²) in [5, 5.41) is 50.4. The predicted molar refractivity (Wildman–Crippen MR) is 88.1 cm³/mol. The van der Waals surface area contributed by atoms with Gasteiger partial charge in [-0.3, -0.25) is 0 Å². The molecule has 25 heavy (non-hydrogen) atoms. The van der Waals surface area contributed by atoms with Gasteiger partial charge in [-0.2, -0.15) is 0 Å². The molecule has 1 unspecified atom stereocenters. The standard InChI is InChI=1S/C17H16N2O6/c20-12-3-1-9(5-14(12)22)7-18-8-11-17(24)25-16(19-11)10-2-4-13(21)15(23)6-10/h1-6,8,17-18,20-24H,7H2/b11-8+. The molecule has 0 bridgehead atoms. The lowest BCUT2D eigenvalue weighted by molar-refractivity contribution is 0.0166. The molecule has 2 aromatic carbocycles. The number of nitrogens with zero attached hydrogens (tertiary/aromatic N) is 1. The van der Waals surface area contributed by atoms with Crippen molar-refractivity contribution in [2.24, 2.45) is 4.99 Å². The molecule has 6 N–H and O–H groups in total. The van der Waals surface area contributed by atoms with Crippen LogP contribution in [-0.2, 0) is 11.3 Å². The highest BCUT2D eigenvalue weighted by atomic mass is 16.6. The Hall–Kier alpha value is -3.39. The number of benzene rings is 2. The second kappa shape index (κ2) is 6.62. The van der Waals surface area contributed by atoms with Crippen LogP contribution in [0.1, 0.15) is 11.1 Å². The van der Waals surface area contributed by atoms with Crippen molar-refractivity contribution in [1.29, 1.82) is 0 Å². The van der Waals surface area contributed by atoms with E-state index in [1.54, 1.807) is 6.07 Å². The summed E-state index contributed by atoms with van der Waals surface area (Å²) >= 11 is 0. The summed E-state index contributed by atoms with van der Waals surface area (Å²) in [5.41, 5.74) is 1.35. The van der Waals surface area contributed by atoms with Crippen LogP contribution in [0.2, 0.25) is 0 Å². The SMILES string of the molecule is Oc1ccc(CN/C=C2/N=C(c3ccc(O)c(O)c3)OC2O)cc1O. The van der Waals surface area contributed by atoms with Crippen LogP contribution >= 0.6 is 0 Å². The van der Waals surface area contributed by atoms with Gasteiger partial charge in [0.15, 0.2) is 23.0 Å². The first-order valence-corrected chi connectivity index (χ1v) is 7.34. The number of ether oxygens (including phenoxy) is 1. The van der Waals surface area contributed by atoms with E-state index in [1.165, 1.54) is 36.5 Å². The number of aliphatic hydroxyl groups is 1. The number of aliphatic hydroxyl groups excluding tert-OH is 1. The average molecular weight is 344 g/mol. The number of hydrogen-bond donors (Lipinski definition) is 6. The molecule has 8 heteroatoms. The van der Waals surface area contributed by atoms with E-state index in [9.17, 15) is 25.5 Å². The third-order valence-corrected chi connectivity index (χ3v) is 3.53. The third-order valence-electron chi connectivity index (χ3n) is 3.53. The van der Waals surface area contributed by atoms with Gasteiger partial charge in [-0.15, -0.1) is 0 Å². The Bertz CT molecular complexity index is 862. The van der Waals surface area contributed by atoms with Gasteiger partial charge < -0.3 is 35.6 Å². The Morgan fingerprint density at radius 3 is 2.32 bits per heavy atom. The Kier molecular flexibility index (Phi) is 4.36. The van der Waals surface area contributed by atoms with E-state index in [1.807, 2.05) is 0 Å². The second-order valence-corrected chi connectivity index (χ2v) is 5.36. The van der Waals surface area contributed by atoms with Crippen LogP contribution in [0.4, 0.5) is 0 Å². The van der Waals surface area contributed by atoms with Gasteiger partial charge in [-0.05, 0) is 35.9 Å². The zero-order valence-electron chi connectivity index (χ0n) is 12.9. The molecule has 8 nitrogen and oxygen atoms in total. The lowest BCUT2D eigenvalue weighted by Gasteiger charge is -2.07. The molecule has 0 spiro atoms. The highest BCUT2D eigenvalue weighted by molar-refractivity contribution is 5.96. The summed E-state index contributed by atoms with van der Waals surface area (Å²) in [6.07, 6.45) is 0.189.